The van der Waals surface area contributed by atoms with Crippen LogP contribution in [0.5, 0.6) is 0 Å². The predicted molar refractivity (Wildman–Crippen MR) is 337 cm³/mol. The third-order valence-corrected chi connectivity index (χ3v) is 21.6. The molecule has 93 heavy (non-hydrogen) atoms. The average Bonchev–Trinajstić information content (AvgIpc) is 1.53. The molecule has 1 aromatic heterocycles. The van der Waals surface area contributed by atoms with Gasteiger partial charge in [-0.1, -0.05) is 40.7 Å². The summed E-state index contributed by atoms with van der Waals surface area (Å²) in [6.45, 7) is 23.6. The third kappa shape index (κ3) is 14.6. The average molecular weight is 1360 g/mol. The first-order chi connectivity index (χ1) is 42.8. The minimum absolute atomic E-state index is 0. The maximum atomic E-state index is 14.4. The molecule has 6 aliphatic rings. The van der Waals surface area contributed by atoms with Crippen LogP contribution in [0.25, 0.3) is 16.4 Å². The molecule has 2 fully saturated rings. The number of aliphatic hydroxyl groups excluding tert-OH is 2. The number of aliphatic carboxylic acids is 1. The Bertz CT molecular complexity index is 3600. The first-order valence-electron chi connectivity index (χ1n) is 30.7. The van der Waals surface area contributed by atoms with Gasteiger partial charge in [-0.3, -0.25) is 57.6 Å². The molecule has 509 valence electrons. The molecule has 28 nitrogen and oxygen atoms in total. The number of rotatable bonds is 26. The fraction of sp³-hybridized carbons (Fsp3) is 0.619. The summed E-state index contributed by atoms with van der Waals surface area (Å²) in [4.78, 5) is 125. The van der Waals surface area contributed by atoms with E-state index in [2.05, 4.69) is 10.3 Å². The number of benzene rings is 1. The molecule has 6 amide bonds. The van der Waals surface area contributed by atoms with Crippen molar-refractivity contribution < 1.29 is 88.9 Å². The summed E-state index contributed by atoms with van der Waals surface area (Å²) in [7, 11) is -5.07. The van der Waals surface area contributed by atoms with Crippen LogP contribution >= 0.6 is 7.82 Å². The Kier molecular flexibility index (Phi) is 23.0. The molecule has 2 saturated heterocycles. The summed E-state index contributed by atoms with van der Waals surface area (Å²) in [6.07, 6.45) is -4.99. The molecule has 8 bridgehead atoms. The van der Waals surface area contributed by atoms with Crippen LogP contribution in [0.2, 0.25) is 0 Å². The Hall–Kier alpha value is -7.00. The monoisotopic (exact) mass is 1360 g/mol. The van der Waals surface area contributed by atoms with Crippen LogP contribution in [0.4, 0.5) is 0 Å². The SMILES string of the molecule is C/C1=C2/[N-][C@H]([C@H](CC(N)=O)[C@@]2(C)CCC(=O)NCC(C)OP(=O)(O)O[C@H]2[C@@H](O)[C@@H](n3cnc4cc(C)c(C)cc43)O[C@@H]2CO)[C@]2(C)N=C(/C(C)=C3N=C(/C=C4N=C1[C@@H](CCC(N)=O)C\4(C)C)[C@@H](CCC(N)=O)[C@]\3(C)CC(=O)O)[C@@H](CCC(N)=O)[C@]2(C)CC(N)=O.[C-]#N.[Co+2]. The van der Waals surface area contributed by atoms with Crippen molar-refractivity contribution in [2.45, 2.75) is 189 Å². The van der Waals surface area contributed by atoms with Crippen LogP contribution in [0.1, 0.15) is 150 Å². The van der Waals surface area contributed by atoms with Gasteiger partial charge < -0.3 is 80.7 Å². The second-order valence-electron chi connectivity index (χ2n) is 26.9. The van der Waals surface area contributed by atoms with E-state index in [0.29, 0.717) is 56.4 Å². The van der Waals surface area contributed by atoms with Gasteiger partial charge in [0, 0.05) is 102 Å². The van der Waals surface area contributed by atoms with E-state index in [-0.39, 0.29) is 87.5 Å². The molecule has 0 saturated carbocycles. The number of imidazole rings is 1. The number of nitrogens with two attached hydrogens (primary N) is 5. The molecule has 1 aromatic carbocycles. The van der Waals surface area contributed by atoms with Gasteiger partial charge in [-0.2, -0.15) is 5.70 Å². The Morgan fingerprint density at radius 2 is 1.41 bits per heavy atom. The second kappa shape index (κ2) is 28.5. The normalized spacial score (nSPS) is 33.1. The molecule has 7 heterocycles. The molecule has 15 atom stereocenters. The topological polar surface area (TPSA) is 480 Å². The number of carboxylic acids is 1. The fourth-order valence-electron chi connectivity index (χ4n) is 15.3. The molecular formula is C63H88CoN13O15P. The van der Waals surface area contributed by atoms with Crippen molar-refractivity contribution in [2.75, 3.05) is 13.2 Å². The number of amides is 6. The van der Waals surface area contributed by atoms with Gasteiger partial charge in [0.05, 0.1) is 47.7 Å². The molecule has 2 aromatic rings. The summed E-state index contributed by atoms with van der Waals surface area (Å²) < 4.78 is 32.2. The predicted octanol–water partition coefficient (Wildman–Crippen LogP) is 4.64. The number of aryl methyl sites for hydroxylation is 2. The first-order valence-corrected chi connectivity index (χ1v) is 32.2. The maximum Gasteiger partial charge on any atom is 2.00 e. The first kappa shape index (κ1) is 75.0. The zero-order valence-corrected chi connectivity index (χ0v) is 56.3. The van der Waals surface area contributed by atoms with Gasteiger partial charge in [0.1, 0.15) is 18.3 Å². The number of carbonyl (C=O) groups is 7. The number of nitrogens with one attached hydrogen (secondary N) is 1. The number of carbonyl (C=O) groups excluding carboxylic acids is 6. The van der Waals surface area contributed by atoms with Gasteiger partial charge in [0.15, 0.2) is 6.23 Å². The number of aliphatic imine (C=N–C) groups is 3. The summed E-state index contributed by atoms with van der Waals surface area (Å²) >= 11 is 0. The molecule has 30 heteroatoms. The standard InChI is InChI=1S/C62H89N12O15P.CN.Co/c1-29-20-39-40(21-30(29)2)74(28-69-39)57-52(84)53(41(27-75)87-57)89-90(85,86)88-31(3)26-68-48(81)18-19-59(8)37(22-46(66)79)56-62(11)61(10,24-47(67)80)36(14-17-45(65)78)51(73-62)33(5)55-60(9,25-49(82)83)34(12-15-43(63)76)38(70-55)23-42-58(6,7)35(13-16-44(64)77)50(71-42)32(4)54(59)72-56;1-2;/h20-21,23,28,31,34-37,41,52-53,56-57,75,84H,12-19,22,24-27H2,1-11H3,(H14,63,64,65,66,67,68,70,71,72,73,76,77,78,79,80,81,82,83,85,86);;/q;-1;+2/p-1/t31?,34-,35-,36-,37+,41-,52-,53-,56-,57+,59-,60+,61+,62+;;/m1../s1. The quantitative estimate of drug-likeness (QED) is 0.0453. The zero-order chi connectivity index (χ0) is 68.7. The largest absolute Gasteiger partial charge is 2.00 e. The zero-order valence-electron chi connectivity index (χ0n) is 54.4. The van der Waals surface area contributed by atoms with E-state index >= 15 is 0 Å². The molecule has 1 radical (unpaired) electrons. The molecule has 8 rings (SSSR count). The Morgan fingerprint density at radius 1 is 0.817 bits per heavy atom. The Balaban J connectivity index is 0.00000453. The van der Waals surface area contributed by atoms with E-state index in [1.54, 1.807) is 38.3 Å². The molecule has 6 aliphatic heterocycles. The Labute approximate surface area is 550 Å². The van der Waals surface area contributed by atoms with Gasteiger partial charge in [0.25, 0.3) is 0 Å². The molecule has 2 unspecified atom stereocenters. The van der Waals surface area contributed by atoms with E-state index in [4.69, 9.17) is 74.6 Å². The number of primary amides is 5. The van der Waals surface area contributed by atoms with Crippen LogP contribution in [0, 0.1) is 71.0 Å². The van der Waals surface area contributed by atoms with Gasteiger partial charge in [0.2, 0.25) is 35.4 Å². The van der Waals surface area contributed by atoms with Crippen molar-refractivity contribution in [3.63, 3.8) is 0 Å². The van der Waals surface area contributed by atoms with E-state index in [9.17, 15) is 58.3 Å². The number of hydrogen-bond acceptors (Lipinski definition) is 18. The number of fused-ring (bicyclic) bond motifs is 7. The van der Waals surface area contributed by atoms with E-state index in [1.807, 2.05) is 53.7 Å². The van der Waals surface area contributed by atoms with Crippen molar-refractivity contribution in [3.05, 3.63) is 75.8 Å². The van der Waals surface area contributed by atoms with Crippen molar-refractivity contribution in [1.29, 1.82) is 5.26 Å². The van der Waals surface area contributed by atoms with Crippen LogP contribution in [-0.2, 0) is 68.7 Å². The van der Waals surface area contributed by atoms with Gasteiger partial charge in [-0.15, -0.1) is 0 Å². The smallest absolute Gasteiger partial charge is 0.682 e. The van der Waals surface area contributed by atoms with Crippen molar-refractivity contribution in [3.8, 4) is 0 Å². The van der Waals surface area contributed by atoms with Gasteiger partial charge in [-0.05, 0) is 119 Å². The summed E-state index contributed by atoms with van der Waals surface area (Å²) in [5.74, 6) is -8.09. The summed E-state index contributed by atoms with van der Waals surface area (Å²) in [5, 5.41) is 47.1. The fourth-order valence-corrected chi connectivity index (χ4v) is 16.4. The number of nitrogens with zero attached hydrogens (tertiary/aromatic N) is 7. The van der Waals surface area contributed by atoms with E-state index in [1.165, 1.54) is 13.3 Å². The molecule has 0 aliphatic carbocycles. The van der Waals surface area contributed by atoms with Crippen LogP contribution in [0.3, 0.4) is 0 Å². The van der Waals surface area contributed by atoms with E-state index < -0.39 is 150 Å². The maximum absolute atomic E-state index is 14.4. The number of ether oxygens (including phenoxy) is 1. The second-order valence-corrected chi connectivity index (χ2v) is 28.3. The summed E-state index contributed by atoms with van der Waals surface area (Å²) in [6, 6.07) is 2.66. The van der Waals surface area contributed by atoms with Gasteiger partial charge in [-0.25, -0.2) is 9.55 Å². The van der Waals surface area contributed by atoms with Crippen molar-refractivity contribution in [1.82, 2.24) is 14.9 Å². The number of aromatic nitrogens is 2. The number of phosphoric acid groups is 1. The number of allylic oxidation sites excluding steroid dienone is 6. The van der Waals surface area contributed by atoms with E-state index in [0.717, 1.165) is 11.1 Å². The molecule has 15 N–H and O–H groups in total. The van der Waals surface area contributed by atoms with Gasteiger partial charge >= 0.3 is 30.6 Å². The van der Waals surface area contributed by atoms with Crippen molar-refractivity contribution in [2.24, 2.45) is 89.0 Å². The third-order valence-electron chi connectivity index (χ3n) is 20.5. The van der Waals surface area contributed by atoms with Crippen LogP contribution < -0.4 is 34.0 Å². The number of hydrogen-bond donors (Lipinski definition) is 10. The van der Waals surface area contributed by atoms with Crippen LogP contribution in [0.15, 0.2) is 67.8 Å². The summed E-state index contributed by atoms with van der Waals surface area (Å²) in [5.41, 5.74) is 30.1. The molecular weight excluding hydrogens is 1270 g/mol. The molecule has 0 spiro atoms. The Morgan fingerprint density at radius 3 is 1.98 bits per heavy atom. The number of aliphatic hydroxyl groups is 2. The number of carboxylic acid groups (broad SMARTS) is 1. The van der Waals surface area contributed by atoms with Crippen LogP contribution in [-0.4, -0.2) is 137 Å². The minimum Gasteiger partial charge on any atom is -0.682 e. The van der Waals surface area contributed by atoms with Crippen molar-refractivity contribution >= 4 is 77.4 Å². The number of phosphoric ester groups is 1. The minimum atomic E-state index is -5.07.